The van der Waals surface area contributed by atoms with Gasteiger partial charge in [0.15, 0.2) is 11.6 Å². The fourth-order valence-corrected chi connectivity index (χ4v) is 5.16. The van der Waals surface area contributed by atoms with Gasteiger partial charge >= 0.3 is 0 Å². The van der Waals surface area contributed by atoms with E-state index in [0.717, 1.165) is 49.7 Å². The lowest BCUT2D eigenvalue weighted by Crippen LogP contribution is -2.48. The summed E-state index contributed by atoms with van der Waals surface area (Å²) in [7, 11) is 0. The average Bonchev–Trinajstić information content (AvgIpc) is 2.75. The van der Waals surface area contributed by atoms with Crippen molar-refractivity contribution >= 4 is 17.4 Å². The van der Waals surface area contributed by atoms with Crippen LogP contribution in [-0.4, -0.2) is 54.3 Å². The zero-order valence-electron chi connectivity index (χ0n) is 16.3. The van der Waals surface area contributed by atoms with Gasteiger partial charge in [-0.25, -0.2) is 8.78 Å². The van der Waals surface area contributed by atoms with E-state index in [-0.39, 0.29) is 12.4 Å². The molecular formula is C22H26F2N2O2S. The fraction of sp³-hybridized carbons (Fsp3) is 0.455. The summed E-state index contributed by atoms with van der Waals surface area (Å²) in [5.74, 6) is 0.483. The van der Waals surface area contributed by atoms with E-state index in [9.17, 15) is 13.9 Å². The van der Waals surface area contributed by atoms with Crippen LogP contribution in [0.1, 0.15) is 18.4 Å². The number of ether oxygens (including phenoxy) is 1. The van der Waals surface area contributed by atoms with Gasteiger partial charge in [-0.1, -0.05) is 18.2 Å². The molecule has 0 spiro atoms. The van der Waals surface area contributed by atoms with Crippen molar-refractivity contribution in [1.29, 1.82) is 0 Å². The highest BCUT2D eigenvalue weighted by Gasteiger charge is 2.28. The Kier molecular flexibility index (Phi) is 6.57. The third-order valence-electron chi connectivity index (χ3n) is 5.59. The highest BCUT2D eigenvalue weighted by atomic mass is 32.2. The summed E-state index contributed by atoms with van der Waals surface area (Å²) in [6, 6.07) is 12.6. The normalized spacial score (nSPS) is 19.1. The minimum absolute atomic E-state index is 0.0567. The van der Waals surface area contributed by atoms with Crippen LogP contribution in [0, 0.1) is 11.6 Å². The summed E-state index contributed by atoms with van der Waals surface area (Å²) in [5.41, 5.74) is 2.78. The van der Waals surface area contributed by atoms with Crippen molar-refractivity contribution in [2.45, 2.75) is 30.7 Å². The molecule has 0 saturated carbocycles. The van der Waals surface area contributed by atoms with Gasteiger partial charge in [-0.2, -0.15) is 0 Å². The van der Waals surface area contributed by atoms with Gasteiger partial charge in [0.2, 0.25) is 0 Å². The predicted molar refractivity (Wildman–Crippen MR) is 112 cm³/mol. The summed E-state index contributed by atoms with van der Waals surface area (Å²) < 4.78 is 31.6. The SMILES string of the molecule is OC(COc1ccc(F)c(F)c1)CN1CCC(N2CSCc3ccccc32)CC1. The Morgan fingerprint density at radius 3 is 2.69 bits per heavy atom. The van der Waals surface area contributed by atoms with E-state index in [1.807, 2.05) is 11.8 Å². The lowest BCUT2D eigenvalue weighted by atomic mass is 10.0. The van der Waals surface area contributed by atoms with Gasteiger partial charge in [0.05, 0.1) is 5.88 Å². The molecule has 2 aliphatic rings. The average molecular weight is 421 g/mol. The molecule has 1 atom stereocenters. The van der Waals surface area contributed by atoms with Crippen LogP contribution in [0.15, 0.2) is 42.5 Å². The molecule has 7 heteroatoms. The Balaban J connectivity index is 1.24. The van der Waals surface area contributed by atoms with Gasteiger partial charge in [-0.3, -0.25) is 0 Å². The van der Waals surface area contributed by atoms with Crippen LogP contribution in [0.25, 0.3) is 0 Å². The Morgan fingerprint density at radius 1 is 1.10 bits per heavy atom. The van der Waals surface area contributed by atoms with Crippen LogP contribution in [0.2, 0.25) is 0 Å². The first-order chi connectivity index (χ1) is 14.1. The monoisotopic (exact) mass is 420 g/mol. The summed E-state index contributed by atoms with van der Waals surface area (Å²) >= 11 is 1.96. The molecule has 4 nitrogen and oxygen atoms in total. The van der Waals surface area contributed by atoms with Crippen LogP contribution >= 0.6 is 11.8 Å². The summed E-state index contributed by atoms with van der Waals surface area (Å²) in [5, 5.41) is 10.3. The third-order valence-corrected chi connectivity index (χ3v) is 6.57. The number of aliphatic hydroxyl groups excluding tert-OH is 1. The number of para-hydroxylation sites is 1. The number of fused-ring (bicyclic) bond motifs is 1. The molecule has 4 rings (SSSR count). The first-order valence-corrected chi connectivity index (χ1v) is 11.2. The Labute approximate surface area is 174 Å². The van der Waals surface area contributed by atoms with Gasteiger partial charge in [0.1, 0.15) is 18.5 Å². The second-order valence-corrected chi connectivity index (χ2v) is 8.60. The van der Waals surface area contributed by atoms with Crippen molar-refractivity contribution in [2.75, 3.05) is 37.0 Å². The minimum Gasteiger partial charge on any atom is -0.491 e. The molecular weight excluding hydrogens is 394 g/mol. The van der Waals surface area contributed by atoms with Crippen molar-refractivity contribution in [1.82, 2.24) is 4.90 Å². The molecule has 2 heterocycles. The summed E-state index contributed by atoms with van der Waals surface area (Å²) in [4.78, 5) is 4.78. The molecule has 1 unspecified atom stereocenters. The van der Waals surface area contributed by atoms with E-state index in [1.165, 1.54) is 17.3 Å². The number of hydrogen-bond acceptors (Lipinski definition) is 5. The lowest BCUT2D eigenvalue weighted by molar-refractivity contribution is 0.0593. The van der Waals surface area contributed by atoms with Gasteiger partial charge in [0.25, 0.3) is 0 Å². The first kappa shape index (κ1) is 20.4. The number of aliphatic hydroxyl groups is 1. The molecule has 0 aromatic heterocycles. The van der Waals surface area contributed by atoms with Gasteiger partial charge in [-0.15, -0.1) is 11.8 Å². The molecule has 29 heavy (non-hydrogen) atoms. The quantitative estimate of drug-likeness (QED) is 0.768. The molecule has 2 aromatic rings. The van der Waals surface area contributed by atoms with Crippen molar-refractivity contribution in [2.24, 2.45) is 0 Å². The highest BCUT2D eigenvalue weighted by molar-refractivity contribution is 7.98. The van der Waals surface area contributed by atoms with E-state index in [0.29, 0.717) is 12.6 Å². The summed E-state index contributed by atoms with van der Waals surface area (Å²) in [6.45, 7) is 2.43. The molecule has 1 saturated heterocycles. The second kappa shape index (κ2) is 9.32. The van der Waals surface area contributed by atoms with Crippen LogP contribution in [0.3, 0.4) is 0 Å². The zero-order valence-corrected chi connectivity index (χ0v) is 17.1. The lowest BCUT2D eigenvalue weighted by Gasteiger charge is -2.42. The molecule has 0 bridgehead atoms. The Bertz CT molecular complexity index is 830. The standard InChI is InChI=1S/C22H26F2N2O2S/c23-20-6-5-19(11-21(20)24)28-13-18(27)12-25-9-7-17(8-10-25)26-15-29-14-16-3-1-2-4-22(16)26/h1-6,11,17-18,27H,7-10,12-15H2. The first-order valence-electron chi connectivity index (χ1n) is 10.0. The number of likely N-dealkylation sites (tertiary alicyclic amines) is 1. The maximum absolute atomic E-state index is 13.2. The number of β-amino-alcohol motifs (C(OH)–C–C–N with tert-alkyl or cyclic N) is 1. The number of piperidine rings is 1. The van der Waals surface area contributed by atoms with Crippen LogP contribution in [0.4, 0.5) is 14.5 Å². The van der Waals surface area contributed by atoms with E-state index < -0.39 is 17.7 Å². The van der Waals surface area contributed by atoms with Crippen LogP contribution < -0.4 is 9.64 Å². The van der Waals surface area contributed by atoms with Crippen molar-refractivity contribution in [3.8, 4) is 5.75 Å². The maximum atomic E-state index is 13.2. The number of halogens is 2. The van der Waals surface area contributed by atoms with Crippen LogP contribution in [-0.2, 0) is 5.75 Å². The number of hydrogen-bond donors (Lipinski definition) is 1. The Morgan fingerprint density at radius 2 is 1.90 bits per heavy atom. The number of benzene rings is 2. The molecule has 0 amide bonds. The van der Waals surface area contributed by atoms with Crippen molar-refractivity contribution in [3.05, 3.63) is 59.7 Å². The van der Waals surface area contributed by atoms with Crippen LogP contribution in [0.5, 0.6) is 5.75 Å². The smallest absolute Gasteiger partial charge is 0.162 e. The van der Waals surface area contributed by atoms with Gasteiger partial charge < -0.3 is 19.6 Å². The number of anilines is 1. The number of rotatable bonds is 6. The topological polar surface area (TPSA) is 35.9 Å². The largest absolute Gasteiger partial charge is 0.491 e. The second-order valence-electron chi connectivity index (χ2n) is 7.65. The molecule has 0 aliphatic carbocycles. The molecule has 156 valence electrons. The van der Waals surface area contributed by atoms with Gasteiger partial charge in [-0.05, 0) is 36.6 Å². The fourth-order valence-electron chi connectivity index (χ4n) is 4.06. The number of nitrogens with zero attached hydrogens (tertiary/aromatic N) is 2. The van der Waals surface area contributed by atoms with E-state index >= 15 is 0 Å². The molecule has 1 fully saturated rings. The van der Waals surface area contributed by atoms with Crippen molar-refractivity contribution in [3.63, 3.8) is 0 Å². The molecule has 2 aliphatic heterocycles. The molecule has 1 N–H and O–H groups in total. The third kappa shape index (κ3) is 5.02. The predicted octanol–water partition coefficient (Wildman–Crippen LogP) is 3.88. The zero-order chi connectivity index (χ0) is 20.2. The minimum atomic E-state index is -0.948. The van der Waals surface area contributed by atoms with Gasteiger partial charge in [0, 0.05) is 43.2 Å². The molecule has 2 aromatic carbocycles. The molecule has 0 radical (unpaired) electrons. The van der Waals surface area contributed by atoms with E-state index in [4.69, 9.17) is 4.74 Å². The maximum Gasteiger partial charge on any atom is 0.162 e. The Hall–Kier alpha value is -1.83. The highest BCUT2D eigenvalue weighted by Crippen LogP contribution is 2.35. The summed E-state index contributed by atoms with van der Waals surface area (Å²) in [6.07, 6.45) is 1.45. The number of thioether (sulfide) groups is 1. The van der Waals surface area contributed by atoms with Crippen molar-refractivity contribution < 1.29 is 18.6 Å². The van der Waals surface area contributed by atoms with E-state index in [1.54, 1.807) is 0 Å². The van der Waals surface area contributed by atoms with E-state index in [2.05, 4.69) is 34.1 Å².